The molecule has 0 saturated heterocycles. The monoisotopic (exact) mass is 849 g/mol. The molecule has 12 rings (SSSR count). The molecule has 0 N–H and O–H groups in total. The zero-order valence-corrected chi connectivity index (χ0v) is 38.0. The van der Waals surface area contributed by atoms with Crippen molar-refractivity contribution in [2.75, 3.05) is 4.90 Å². The average Bonchev–Trinajstić information content (AvgIpc) is 4.01. The number of aromatic nitrogens is 2. The third-order valence-electron chi connectivity index (χ3n) is 14.5. The Kier molecular flexibility index (Phi) is 9.09. The minimum absolute atomic E-state index is 0.103. The molecule has 0 saturated carbocycles. The van der Waals surface area contributed by atoms with Crippen molar-refractivity contribution >= 4 is 49.7 Å². The van der Waals surface area contributed by atoms with Crippen molar-refractivity contribution in [1.82, 2.24) is 9.13 Å². The van der Waals surface area contributed by atoms with Crippen molar-refractivity contribution in [3.63, 3.8) is 0 Å². The summed E-state index contributed by atoms with van der Waals surface area (Å²) in [5.74, 6) is 0. The van der Waals surface area contributed by atoms with Crippen LogP contribution in [0.2, 0.25) is 0 Å². The predicted octanol–water partition coefficient (Wildman–Crippen LogP) is 16.7. The largest absolute Gasteiger partial charge is 0.316 e. The molecule has 2 aliphatic rings. The third-order valence-corrected chi connectivity index (χ3v) is 14.5. The maximum Gasteiger partial charge on any atom is 0.0635 e. The van der Waals surface area contributed by atoms with Gasteiger partial charge in [-0.3, -0.25) is 0 Å². The van der Waals surface area contributed by atoms with E-state index in [1.54, 1.807) is 0 Å². The van der Waals surface area contributed by atoms with Crippen LogP contribution in [0.4, 0.5) is 11.4 Å². The SMILES string of the molecule is C=C1/C=C\C(N(c2ccc(-c3ccc4c(c3)c3ccc5c(ccn5-c5ccccc5)c3n4-c3ccccc3)cc2)c2ccc3c(c2)C(C)(C)c2ccccc2-3)=C/CC(C)(C)c2ccccc21. The van der Waals surface area contributed by atoms with Crippen molar-refractivity contribution in [2.45, 2.75) is 44.9 Å². The standard InChI is InChI=1S/C63H51N3/c1-42-24-28-48(36-38-62(2,3)56-22-14-12-20-50(42)56)65(49-31-32-52-51-21-13-15-23-57(51)63(4,5)58(52)41-49)47-29-25-43(26-30-47)44-27-34-60-55(40-44)53-33-35-59-54(37-39-64(59)45-16-8-6-9-17-45)61(53)66(60)46-18-10-7-11-19-46/h6-37,39-41H,1,38H2,2-5H3/b28-24-,48-36+. The summed E-state index contributed by atoms with van der Waals surface area (Å²) in [6, 6.07) is 69.1. The first-order valence-corrected chi connectivity index (χ1v) is 23.2. The van der Waals surface area contributed by atoms with E-state index in [0.717, 1.165) is 40.4 Å². The molecule has 0 spiro atoms. The fraction of sp³-hybridized carbons (Fsp3) is 0.111. The van der Waals surface area contributed by atoms with Gasteiger partial charge >= 0.3 is 0 Å². The highest BCUT2D eigenvalue weighted by atomic mass is 15.1. The number of hydrogen-bond acceptors (Lipinski definition) is 1. The first-order valence-electron chi connectivity index (χ1n) is 23.2. The van der Waals surface area contributed by atoms with E-state index >= 15 is 0 Å². The second kappa shape index (κ2) is 15.1. The van der Waals surface area contributed by atoms with E-state index in [9.17, 15) is 0 Å². The molecule has 0 amide bonds. The maximum atomic E-state index is 4.59. The van der Waals surface area contributed by atoms with Crippen LogP contribution in [0, 0.1) is 0 Å². The Morgan fingerprint density at radius 2 is 1.12 bits per heavy atom. The molecule has 2 aliphatic carbocycles. The summed E-state index contributed by atoms with van der Waals surface area (Å²) < 4.78 is 4.73. The van der Waals surface area contributed by atoms with Gasteiger partial charge in [-0.15, -0.1) is 0 Å². The third kappa shape index (κ3) is 6.25. The summed E-state index contributed by atoms with van der Waals surface area (Å²) in [4.78, 5) is 2.45. The summed E-state index contributed by atoms with van der Waals surface area (Å²) in [6.45, 7) is 14.0. The quantitative estimate of drug-likeness (QED) is 0.162. The Bertz CT molecular complexity index is 3610. The van der Waals surface area contributed by atoms with E-state index in [1.165, 1.54) is 77.2 Å². The number of fused-ring (bicyclic) bond motifs is 9. The lowest BCUT2D eigenvalue weighted by atomic mass is 9.78. The van der Waals surface area contributed by atoms with E-state index in [2.05, 4.69) is 261 Å². The van der Waals surface area contributed by atoms with Crippen LogP contribution in [-0.4, -0.2) is 9.13 Å². The summed E-state index contributed by atoms with van der Waals surface area (Å²) in [6.07, 6.45) is 9.96. The van der Waals surface area contributed by atoms with Gasteiger partial charge in [0, 0.05) is 56.2 Å². The average molecular weight is 850 g/mol. The molecule has 0 fully saturated rings. The Morgan fingerprint density at radius 1 is 0.485 bits per heavy atom. The lowest BCUT2D eigenvalue weighted by Crippen LogP contribution is -2.20. The number of nitrogens with zero attached hydrogens (tertiary/aromatic N) is 3. The van der Waals surface area contributed by atoms with Gasteiger partial charge in [0.1, 0.15) is 0 Å². The van der Waals surface area contributed by atoms with Gasteiger partial charge in [0.25, 0.3) is 0 Å². The minimum Gasteiger partial charge on any atom is -0.316 e. The predicted molar refractivity (Wildman–Crippen MR) is 280 cm³/mol. The van der Waals surface area contributed by atoms with Crippen LogP contribution in [0.5, 0.6) is 0 Å². The molecule has 0 radical (unpaired) electrons. The Morgan fingerprint density at radius 3 is 1.89 bits per heavy atom. The van der Waals surface area contributed by atoms with Crippen LogP contribution in [0.1, 0.15) is 56.4 Å². The van der Waals surface area contributed by atoms with Crippen molar-refractivity contribution < 1.29 is 0 Å². The number of para-hydroxylation sites is 2. The molecule has 3 heteroatoms. The number of benzene rings is 8. The van der Waals surface area contributed by atoms with Crippen LogP contribution in [0.25, 0.3) is 71.9 Å². The highest BCUT2D eigenvalue weighted by molar-refractivity contribution is 6.19. The van der Waals surface area contributed by atoms with Crippen LogP contribution < -0.4 is 4.90 Å². The first-order chi connectivity index (χ1) is 32.2. The van der Waals surface area contributed by atoms with Crippen molar-refractivity contribution in [3.05, 3.63) is 247 Å². The van der Waals surface area contributed by atoms with Crippen molar-refractivity contribution in [2.24, 2.45) is 0 Å². The zero-order chi connectivity index (χ0) is 44.7. The molecule has 0 aliphatic heterocycles. The minimum atomic E-state index is -0.127. The summed E-state index contributed by atoms with van der Waals surface area (Å²) in [5.41, 5.74) is 20.3. The molecule has 0 atom stereocenters. The molecule has 2 heterocycles. The van der Waals surface area contributed by atoms with E-state index in [4.69, 9.17) is 0 Å². The topological polar surface area (TPSA) is 13.1 Å². The number of rotatable bonds is 6. The summed E-state index contributed by atoms with van der Waals surface area (Å²) >= 11 is 0. The number of anilines is 2. The molecule has 0 unspecified atom stereocenters. The van der Waals surface area contributed by atoms with Gasteiger partial charge in [0.15, 0.2) is 0 Å². The second-order valence-corrected chi connectivity index (χ2v) is 19.2. The summed E-state index contributed by atoms with van der Waals surface area (Å²) in [5, 5.41) is 3.70. The number of hydrogen-bond donors (Lipinski definition) is 0. The van der Waals surface area contributed by atoms with Gasteiger partial charge in [-0.1, -0.05) is 162 Å². The lowest BCUT2D eigenvalue weighted by Gasteiger charge is -2.30. The molecular weight excluding hydrogens is 799 g/mol. The van der Waals surface area contributed by atoms with Gasteiger partial charge in [0.2, 0.25) is 0 Å². The fourth-order valence-electron chi connectivity index (χ4n) is 11.0. The fourth-order valence-corrected chi connectivity index (χ4v) is 11.0. The highest BCUT2D eigenvalue weighted by Gasteiger charge is 2.36. The first kappa shape index (κ1) is 39.7. The molecule has 3 nitrogen and oxygen atoms in total. The van der Waals surface area contributed by atoms with Crippen LogP contribution in [-0.2, 0) is 10.8 Å². The van der Waals surface area contributed by atoms with Gasteiger partial charge in [-0.2, -0.15) is 0 Å². The highest BCUT2D eigenvalue weighted by Crippen LogP contribution is 2.51. The van der Waals surface area contributed by atoms with E-state index in [-0.39, 0.29) is 10.8 Å². The molecular formula is C63H51N3. The smallest absolute Gasteiger partial charge is 0.0635 e. The van der Waals surface area contributed by atoms with E-state index < -0.39 is 0 Å². The zero-order valence-electron chi connectivity index (χ0n) is 38.0. The van der Waals surface area contributed by atoms with Gasteiger partial charge in [0.05, 0.1) is 16.6 Å². The molecule has 0 bridgehead atoms. The molecule has 2 aromatic heterocycles. The normalized spacial score (nSPS) is 16.2. The lowest BCUT2D eigenvalue weighted by molar-refractivity contribution is 0.532. The van der Waals surface area contributed by atoms with E-state index in [1.807, 2.05) is 0 Å². The van der Waals surface area contributed by atoms with Gasteiger partial charge in [-0.25, -0.2) is 0 Å². The molecule has 66 heavy (non-hydrogen) atoms. The van der Waals surface area contributed by atoms with Crippen LogP contribution in [0.15, 0.2) is 225 Å². The molecule has 318 valence electrons. The molecule has 10 aromatic rings. The van der Waals surface area contributed by atoms with E-state index in [0.29, 0.717) is 0 Å². The molecule has 8 aromatic carbocycles. The van der Waals surface area contributed by atoms with Gasteiger partial charge < -0.3 is 14.0 Å². The van der Waals surface area contributed by atoms with Crippen molar-refractivity contribution in [3.8, 4) is 33.6 Å². The Labute approximate surface area is 387 Å². The Balaban J connectivity index is 0.989. The second-order valence-electron chi connectivity index (χ2n) is 19.2. The Hall–Kier alpha value is -7.88. The van der Waals surface area contributed by atoms with Crippen LogP contribution in [0.3, 0.4) is 0 Å². The number of allylic oxidation sites excluding steroid dienone is 4. The summed E-state index contributed by atoms with van der Waals surface area (Å²) in [7, 11) is 0. The van der Waals surface area contributed by atoms with Crippen LogP contribution >= 0.6 is 0 Å². The maximum absolute atomic E-state index is 4.59. The van der Waals surface area contributed by atoms with Crippen molar-refractivity contribution in [1.29, 1.82) is 0 Å². The van der Waals surface area contributed by atoms with Gasteiger partial charge in [-0.05, 0) is 141 Å².